The van der Waals surface area contributed by atoms with E-state index in [-0.39, 0.29) is 5.82 Å². The van der Waals surface area contributed by atoms with E-state index in [1.807, 2.05) is 6.92 Å². The summed E-state index contributed by atoms with van der Waals surface area (Å²) in [5.41, 5.74) is 1.15. The second-order valence-corrected chi connectivity index (χ2v) is 6.99. The maximum atomic E-state index is 14.2. The van der Waals surface area contributed by atoms with Crippen molar-refractivity contribution in [1.82, 2.24) is 5.32 Å². The number of nitrogens with one attached hydrogen (secondary N) is 1. The van der Waals surface area contributed by atoms with Gasteiger partial charge in [0.15, 0.2) is 0 Å². The summed E-state index contributed by atoms with van der Waals surface area (Å²) in [6.07, 6.45) is 0.915. The topological polar surface area (TPSA) is 12.0 Å². The van der Waals surface area contributed by atoms with Gasteiger partial charge in [-0.3, -0.25) is 0 Å². The van der Waals surface area contributed by atoms with E-state index in [9.17, 15) is 4.39 Å². The van der Waals surface area contributed by atoms with E-state index in [4.69, 9.17) is 34.8 Å². The first-order valence-electron chi connectivity index (χ1n) is 6.16. The molecule has 0 fully saturated rings. The quantitative estimate of drug-likeness (QED) is 0.702. The van der Waals surface area contributed by atoms with Crippen LogP contribution in [0.4, 0.5) is 4.39 Å². The summed E-state index contributed by atoms with van der Waals surface area (Å²) >= 11 is 19.6. The Balaban J connectivity index is 2.50. The van der Waals surface area contributed by atoms with Gasteiger partial charge in [-0.15, -0.1) is 11.3 Å². The second kappa shape index (κ2) is 7.10. The number of halogens is 4. The minimum atomic E-state index is -0.403. The Morgan fingerprint density at radius 2 is 2.05 bits per heavy atom. The lowest BCUT2D eigenvalue weighted by Crippen LogP contribution is -2.24. The van der Waals surface area contributed by atoms with Crippen molar-refractivity contribution in [3.8, 4) is 0 Å². The first-order chi connectivity index (χ1) is 9.54. The molecule has 0 radical (unpaired) electrons. The third-order valence-electron chi connectivity index (χ3n) is 2.88. The first-order valence-corrected chi connectivity index (χ1v) is 8.11. The predicted octanol–water partition coefficient (Wildman–Crippen LogP) is 5.94. The van der Waals surface area contributed by atoms with Crippen molar-refractivity contribution in [2.45, 2.75) is 19.4 Å². The average molecular weight is 353 g/mol. The lowest BCUT2D eigenvalue weighted by atomic mass is 10.0. The summed E-state index contributed by atoms with van der Waals surface area (Å²) in [7, 11) is 0. The van der Waals surface area contributed by atoms with Gasteiger partial charge in [-0.2, -0.15) is 0 Å². The Labute approximate surface area is 136 Å². The van der Waals surface area contributed by atoms with Crippen LogP contribution < -0.4 is 5.32 Å². The molecule has 0 saturated heterocycles. The molecule has 0 amide bonds. The van der Waals surface area contributed by atoms with E-state index in [0.29, 0.717) is 19.3 Å². The molecule has 20 heavy (non-hydrogen) atoms. The van der Waals surface area contributed by atoms with Gasteiger partial charge in [0.05, 0.1) is 14.7 Å². The van der Waals surface area contributed by atoms with Gasteiger partial charge in [0.2, 0.25) is 0 Å². The van der Waals surface area contributed by atoms with Crippen LogP contribution in [0.2, 0.25) is 13.7 Å². The number of thiophene rings is 1. The third kappa shape index (κ3) is 3.46. The van der Waals surface area contributed by atoms with E-state index < -0.39 is 6.04 Å². The molecule has 2 rings (SSSR count). The molecule has 0 aliphatic rings. The van der Waals surface area contributed by atoms with E-state index >= 15 is 0 Å². The van der Waals surface area contributed by atoms with Crippen LogP contribution >= 0.6 is 46.1 Å². The molecule has 0 bridgehead atoms. The van der Waals surface area contributed by atoms with E-state index in [2.05, 4.69) is 5.32 Å². The van der Waals surface area contributed by atoms with Gasteiger partial charge in [0, 0.05) is 16.1 Å². The Kier molecular flexibility index (Phi) is 5.70. The molecule has 1 nitrogen and oxygen atoms in total. The maximum absolute atomic E-state index is 14.2. The number of hydrogen-bond acceptors (Lipinski definition) is 2. The Hall–Kier alpha value is -0.320. The summed E-state index contributed by atoms with van der Waals surface area (Å²) in [6, 6.07) is 6.00. The zero-order valence-corrected chi connectivity index (χ0v) is 13.8. The normalized spacial score (nSPS) is 12.7. The molecule has 1 unspecified atom stereocenters. The van der Waals surface area contributed by atoms with Crippen LogP contribution in [-0.2, 0) is 0 Å². The van der Waals surface area contributed by atoms with E-state index in [0.717, 1.165) is 18.5 Å². The van der Waals surface area contributed by atoms with Crippen LogP contribution in [0.15, 0.2) is 24.3 Å². The maximum Gasteiger partial charge on any atom is 0.129 e. The third-order valence-corrected chi connectivity index (χ3v) is 4.73. The van der Waals surface area contributed by atoms with Crippen LogP contribution in [0.3, 0.4) is 0 Å². The van der Waals surface area contributed by atoms with Gasteiger partial charge in [-0.25, -0.2) is 4.39 Å². The van der Waals surface area contributed by atoms with Crippen molar-refractivity contribution in [3.63, 3.8) is 0 Å². The largest absolute Gasteiger partial charge is 0.306 e. The van der Waals surface area contributed by atoms with E-state index in [1.54, 1.807) is 18.2 Å². The Bertz CT molecular complexity index is 580. The highest BCUT2D eigenvalue weighted by Crippen LogP contribution is 2.39. The van der Waals surface area contributed by atoms with Crippen LogP contribution in [0, 0.1) is 5.82 Å². The predicted molar refractivity (Wildman–Crippen MR) is 85.9 cm³/mol. The second-order valence-electron chi connectivity index (χ2n) is 4.30. The highest BCUT2D eigenvalue weighted by Gasteiger charge is 2.24. The SMILES string of the molecule is CCCNC(c1cc(Cl)sc1Cl)c1c(F)cccc1Cl. The van der Waals surface area contributed by atoms with Gasteiger partial charge in [0.1, 0.15) is 5.82 Å². The monoisotopic (exact) mass is 351 g/mol. The van der Waals surface area contributed by atoms with Gasteiger partial charge < -0.3 is 5.32 Å². The zero-order valence-electron chi connectivity index (χ0n) is 10.7. The summed E-state index contributed by atoms with van der Waals surface area (Å²) < 4.78 is 15.3. The number of hydrogen-bond donors (Lipinski definition) is 1. The van der Waals surface area contributed by atoms with Crippen molar-refractivity contribution in [2.24, 2.45) is 0 Å². The smallest absolute Gasteiger partial charge is 0.129 e. The van der Waals surface area contributed by atoms with Crippen molar-refractivity contribution in [2.75, 3.05) is 6.54 Å². The van der Waals surface area contributed by atoms with Crippen LogP contribution in [0.1, 0.15) is 30.5 Å². The van der Waals surface area contributed by atoms with Crippen LogP contribution in [0.25, 0.3) is 0 Å². The molecule has 0 aliphatic heterocycles. The molecule has 1 aromatic heterocycles. The molecule has 1 atom stereocenters. The standard InChI is InChI=1S/C14H13Cl3FNS/c1-2-6-19-13(8-7-11(16)20-14(8)17)12-9(15)4-3-5-10(12)18/h3-5,7,13,19H,2,6H2,1H3. The highest BCUT2D eigenvalue weighted by molar-refractivity contribution is 7.20. The molecule has 108 valence electrons. The molecular formula is C14H13Cl3FNS. The molecule has 1 heterocycles. The highest BCUT2D eigenvalue weighted by atomic mass is 35.5. The van der Waals surface area contributed by atoms with Gasteiger partial charge in [0.25, 0.3) is 0 Å². The Morgan fingerprint density at radius 3 is 2.60 bits per heavy atom. The van der Waals surface area contributed by atoms with Gasteiger partial charge in [-0.1, -0.05) is 47.8 Å². The number of benzene rings is 1. The fraction of sp³-hybridized carbons (Fsp3) is 0.286. The number of rotatable bonds is 5. The molecular weight excluding hydrogens is 340 g/mol. The minimum Gasteiger partial charge on any atom is -0.306 e. The molecule has 2 aromatic rings. The van der Waals surface area contributed by atoms with Crippen LogP contribution in [0.5, 0.6) is 0 Å². The van der Waals surface area contributed by atoms with Gasteiger partial charge >= 0.3 is 0 Å². The molecule has 0 spiro atoms. The molecule has 0 saturated carbocycles. The molecule has 1 N–H and O–H groups in total. The summed E-state index contributed by atoms with van der Waals surface area (Å²) in [4.78, 5) is 0. The fourth-order valence-electron chi connectivity index (χ4n) is 1.99. The van der Waals surface area contributed by atoms with Gasteiger partial charge in [-0.05, 0) is 31.2 Å². The molecule has 1 aromatic carbocycles. The van der Waals surface area contributed by atoms with Crippen molar-refractivity contribution >= 4 is 46.1 Å². The summed E-state index contributed by atoms with van der Waals surface area (Å²) in [5.74, 6) is -0.357. The van der Waals surface area contributed by atoms with Crippen molar-refractivity contribution < 1.29 is 4.39 Å². The Morgan fingerprint density at radius 1 is 1.30 bits per heavy atom. The lowest BCUT2D eigenvalue weighted by Gasteiger charge is -2.20. The summed E-state index contributed by atoms with van der Waals surface area (Å²) in [5, 5.41) is 3.65. The molecule has 0 aliphatic carbocycles. The molecule has 6 heteroatoms. The first kappa shape index (κ1) is 16.1. The summed E-state index contributed by atoms with van der Waals surface area (Å²) in [6.45, 7) is 2.76. The average Bonchev–Trinajstić information content (AvgIpc) is 2.72. The lowest BCUT2D eigenvalue weighted by molar-refractivity contribution is 0.548. The zero-order chi connectivity index (χ0) is 14.7. The van der Waals surface area contributed by atoms with Crippen molar-refractivity contribution in [3.05, 3.63) is 54.9 Å². The van der Waals surface area contributed by atoms with Crippen LogP contribution in [-0.4, -0.2) is 6.54 Å². The fourth-order valence-corrected chi connectivity index (χ4v) is 3.80. The van der Waals surface area contributed by atoms with Crippen molar-refractivity contribution in [1.29, 1.82) is 0 Å². The minimum absolute atomic E-state index is 0.357. The van der Waals surface area contributed by atoms with E-state index in [1.165, 1.54) is 17.4 Å².